The first kappa shape index (κ1) is 50.2. The summed E-state index contributed by atoms with van der Waals surface area (Å²) in [5, 5.41) is 6.50. The van der Waals surface area contributed by atoms with Crippen LogP contribution in [-0.4, -0.2) is 120 Å². The van der Waals surface area contributed by atoms with Crippen LogP contribution in [0, 0.1) is 17.7 Å². The normalized spacial score (nSPS) is 24.7. The van der Waals surface area contributed by atoms with Gasteiger partial charge in [-0.15, -0.1) is 0 Å². The summed E-state index contributed by atoms with van der Waals surface area (Å²) in [6.07, 6.45) is 8.90. The fourth-order valence-electron chi connectivity index (χ4n) is 12.7. The molecule has 11 rings (SSSR count). The van der Waals surface area contributed by atoms with E-state index in [4.69, 9.17) is 33.7 Å². The van der Waals surface area contributed by atoms with Gasteiger partial charge in [0.15, 0.2) is 0 Å². The number of halogens is 1. The molecule has 7 aliphatic rings. The van der Waals surface area contributed by atoms with Crippen LogP contribution in [0.5, 0.6) is 11.5 Å². The minimum atomic E-state index is -0.751. The van der Waals surface area contributed by atoms with E-state index in [0.717, 1.165) is 94.4 Å². The number of carbonyl (C=O) groups is 4. The Kier molecular flexibility index (Phi) is 13.8. The third-order valence-electron chi connectivity index (χ3n) is 16.3. The van der Waals surface area contributed by atoms with E-state index >= 15 is 4.39 Å². The largest absolute Gasteiger partial charge is 0.493 e. The molecule has 75 heavy (non-hydrogen) atoms. The predicted molar refractivity (Wildman–Crippen MR) is 282 cm³/mol. The average molecular weight is 1020 g/mol. The number of alkyl carbamates (subject to hydrolysis) is 2. The molecule has 2 unspecified atom stereocenters. The Morgan fingerprint density at radius 3 is 2.11 bits per heavy atom. The summed E-state index contributed by atoms with van der Waals surface area (Å²) in [6.45, 7) is 9.52. The minimum Gasteiger partial charge on any atom is -0.493 e. The lowest BCUT2D eigenvalue weighted by Crippen LogP contribution is -2.56. The first-order valence-electron chi connectivity index (χ1n) is 26.6. The van der Waals surface area contributed by atoms with E-state index in [1.54, 1.807) is 12.3 Å². The smallest absolute Gasteiger partial charge is 0.407 e. The molecular formula is C58H66FN7O9. The van der Waals surface area contributed by atoms with Crippen LogP contribution in [0.2, 0.25) is 0 Å². The number of aliphatic imine (C=N–C) groups is 2. The van der Waals surface area contributed by atoms with E-state index in [2.05, 4.69) is 45.5 Å². The molecular weight excluding hydrogens is 958 g/mol. The summed E-state index contributed by atoms with van der Waals surface area (Å²) >= 11 is 0. The molecule has 3 fully saturated rings. The molecule has 2 N–H and O–H groups in total. The zero-order chi connectivity index (χ0) is 52.2. The van der Waals surface area contributed by atoms with Crippen molar-refractivity contribution in [3.8, 4) is 22.8 Å². The number of hydrogen-bond acceptors (Lipinski definition) is 11. The number of ether oxygens (including phenoxy) is 5. The summed E-state index contributed by atoms with van der Waals surface area (Å²) in [4.78, 5) is 66.7. The second kappa shape index (κ2) is 20.6. The monoisotopic (exact) mass is 1020 g/mol. The van der Waals surface area contributed by atoms with Crippen LogP contribution in [0.25, 0.3) is 33.3 Å². The van der Waals surface area contributed by atoms with Gasteiger partial charge in [0.05, 0.1) is 61.9 Å². The molecule has 0 spiro atoms. The first-order chi connectivity index (χ1) is 36.3. The van der Waals surface area contributed by atoms with Gasteiger partial charge in [-0.05, 0) is 141 Å². The van der Waals surface area contributed by atoms with Crippen molar-refractivity contribution in [2.75, 3.05) is 33.9 Å². The molecule has 4 amide bonds. The Hall–Kier alpha value is -7.01. The summed E-state index contributed by atoms with van der Waals surface area (Å²) in [7, 11) is 2.59. The molecule has 0 bridgehead atoms. The highest BCUT2D eigenvalue weighted by atomic mass is 19.1. The van der Waals surface area contributed by atoms with E-state index in [-0.39, 0.29) is 47.9 Å². The molecule has 0 saturated carbocycles. The van der Waals surface area contributed by atoms with Gasteiger partial charge in [-0.25, -0.2) is 14.0 Å². The van der Waals surface area contributed by atoms with Crippen LogP contribution in [0.1, 0.15) is 114 Å². The maximum absolute atomic E-state index is 17.1. The number of rotatable bonds is 11. The Labute approximate surface area is 436 Å². The van der Waals surface area contributed by atoms with Gasteiger partial charge in [0.2, 0.25) is 18.0 Å². The van der Waals surface area contributed by atoms with Gasteiger partial charge in [0, 0.05) is 60.7 Å². The van der Waals surface area contributed by atoms with E-state index in [1.807, 2.05) is 61.9 Å². The zero-order valence-corrected chi connectivity index (χ0v) is 43.5. The van der Waals surface area contributed by atoms with Gasteiger partial charge in [-0.3, -0.25) is 19.6 Å². The Bertz CT molecular complexity index is 3080. The minimum absolute atomic E-state index is 0.0418. The zero-order valence-electron chi connectivity index (χ0n) is 43.5. The number of allylic oxidation sites excluding steroid dienone is 2. The maximum atomic E-state index is 17.1. The predicted octanol–water partition coefficient (Wildman–Crippen LogP) is 9.37. The number of carbonyl (C=O) groups excluding carboxylic acids is 4. The fourth-order valence-corrected chi connectivity index (χ4v) is 12.7. The molecule has 16 nitrogen and oxygen atoms in total. The number of methoxy groups -OCH3 is 2. The molecule has 7 aliphatic heterocycles. The molecule has 1 aromatic heterocycles. The van der Waals surface area contributed by atoms with Gasteiger partial charge < -0.3 is 48.7 Å². The third kappa shape index (κ3) is 9.57. The number of hydrogen-bond donors (Lipinski definition) is 2. The van der Waals surface area contributed by atoms with Crippen molar-refractivity contribution < 1.29 is 47.3 Å². The Morgan fingerprint density at radius 1 is 0.760 bits per heavy atom. The molecule has 4 aromatic rings. The second-order valence-electron chi connectivity index (χ2n) is 21.5. The van der Waals surface area contributed by atoms with Gasteiger partial charge in [0.1, 0.15) is 29.4 Å². The standard InChI is InChI=1S/C58H66FN7O9/c1-31(2)52(62-57(69)71-5)54(67)64-17-7-11-46(64)44-25-41(30-61-44)37-23-42(59)51-48-26-38-22-35(15-16-45(38)66(48)56(75-50(51)28-37)36-14-13-34-10-9-19-73-49(34)27-36)40-24-43(60-29-40)47-12-8-18-65(47)55(68)53(63-58(70)72-6)39-20-32(3)74-33(4)21-39/h13-16,22-23,26-33,39,46-47,52-53,56H,7-12,17-21,24-25H2,1-6H3,(H,62,69)(H,63,70)/t32-,33-,46+,47+,52+,53?,56?/m1/s1. The van der Waals surface area contributed by atoms with Crippen LogP contribution >= 0.6 is 0 Å². The van der Waals surface area contributed by atoms with Crippen molar-refractivity contribution >= 4 is 57.5 Å². The average Bonchev–Trinajstić information content (AvgIpc) is 4.31. The molecule has 3 saturated heterocycles. The van der Waals surface area contributed by atoms with E-state index < -0.39 is 36.3 Å². The first-order valence-corrected chi connectivity index (χ1v) is 26.6. The number of nitrogens with zero attached hydrogens (tertiary/aromatic N) is 5. The van der Waals surface area contributed by atoms with E-state index in [0.29, 0.717) is 68.0 Å². The van der Waals surface area contributed by atoms with Crippen LogP contribution in [0.3, 0.4) is 0 Å². The lowest BCUT2D eigenvalue weighted by molar-refractivity contribution is -0.137. The third-order valence-corrected chi connectivity index (χ3v) is 16.3. The number of nitrogens with one attached hydrogen (secondary N) is 2. The van der Waals surface area contributed by atoms with Crippen LogP contribution in [0.4, 0.5) is 14.0 Å². The molecule has 7 atom stereocenters. The molecule has 394 valence electrons. The Morgan fingerprint density at radius 2 is 1.43 bits per heavy atom. The summed E-state index contributed by atoms with van der Waals surface area (Å²) in [5.41, 5.74) is 9.07. The van der Waals surface area contributed by atoms with E-state index in [1.165, 1.54) is 14.2 Å². The van der Waals surface area contributed by atoms with Crippen molar-refractivity contribution in [2.45, 2.75) is 135 Å². The second-order valence-corrected chi connectivity index (χ2v) is 21.5. The van der Waals surface area contributed by atoms with Crippen molar-refractivity contribution in [1.82, 2.24) is 25.0 Å². The molecule has 17 heteroatoms. The highest BCUT2D eigenvalue weighted by Gasteiger charge is 2.43. The number of amides is 4. The molecule has 3 aromatic carbocycles. The number of likely N-dealkylation sites (tertiary alicyclic amines) is 2. The summed E-state index contributed by atoms with van der Waals surface area (Å²) in [5.74, 6) is 0.227. The number of aromatic nitrogens is 1. The fraction of sp³-hybridized carbons (Fsp3) is 0.483. The summed E-state index contributed by atoms with van der Waals surface area (Å²) < 4.78 is 48.1. The van der Waals surface area contributed by atoms with Crippen molar-refractivity contribution in [1.29, 1.82) is 0 Å². The van der Waals surface area contributed by atoms with Crippen molar-refractivity contribution in [2.24, 2.45) is 21.8 Å². The van der Waals surface area contributed by atoms with Crippen LogP contribution < -0.4 is 20.1 Å². The molecule has 8 heterocycles. The highest BCUT2D eigenvalue weighted by molar-refractivity contribution is 6.06. The van der Waals surface area contributed by atoms with Crippen molar-refractivity contribution in [3.63, 3.8) is 0 Å². The lowest BCUT2D eigenvalue weighted by atomic mass is 9.85. The van der Waals surface area contributed by atoms with Gasteiger partial charge in [-0.1, -0.05) is 32.0 Å². The van der Waals surface area contributed by atoms with E-state index in [9.17, 15) is 19.2 Å². The maximum Gasteiger partial charge on any atom is 0.407 e. The van der Waals surface area contributed by atoms with Crippen LogP contribution in [0.15, 0.2) is 77.0 Å². The SMILES string of the molecule is COC(=O)NC(C(=O)N1CCC[C@H]1C1=NC=C(c2ccc3c(c2)cc2n3C(c3ccc4c(c3)OCCC4)Oc3cc(C4=CN=C([C@@H]5CCCN5C(=O)[C@@H](NC(=O)OC)C(C)C)C4)cc(F)c3-2)C1)C1C[C@@H](C)O[C@H](C)C1. The van der Waals surface area contributed by atoms with Crippen LogP contribution in [-0.2, 0) is 30.2 Å². The Balaban J connectivity index is 0.863. The topological polar surface area (TPSA) is 175 Å². The number of fused-ring (bicyclic) bond motifs is 6. The van der Waals surface area contributed by atoms with Gasteiger partial charge >= 0.3 is 12.2 Å². The highest BCUT2D eigenvalue weighted by Crippen LogP contribution is 2.48. The number of aryl methyl sites for hydroxylation is 1. The van der Waals surface area contributed by atoms with Gasteiger partial charge in [-0.2, -0.15) is 0 Å². The molecule has 0 radical (unpaired) electrons. The summed E-state index contributed by atoms with van der Waals surface area (Å²) in [6, 6.07) is 16.0. The quantitative estimate of drug-likeness (QED) is 0.148. The van der Waals surface area contributed by atoms with Gasteiger partial charge in [0.25, 0.3) is 0 Å². The van der Waals surface area contributed by atoms with Crippen molar-refractivity contribution in [3.05, 3.63) is 95.1 Å². The number of benzene rings is 3. The molecule has 0 aliphatic carbocycles. The lowest BCUT2D eigenvalue weighted by Gasteiger charge is -2.38.